The van der Waals surface area contributed by atoms with Crippen molar-refractivity contribution in [2.24, 2.45) is 5.41 Å². The summed E-state index contributed by atoms with van der Waals surface area (Å²) in [6.45, 7) is 4.42. The number of para-hydroxylation sites is 1. The minimum Gasteiger partial charge on any atom is -0.476 e. The maximum Gasteiger partial charge on any atom is 0.368 e. The summed E-state index contributed by atoms with van der Waals surface area (Å²) in [5.41, 5.74) is 0.879. The lowest BCUT2D eigenvalue weighted by atomic mass is 9.89. The Balaban J connectivity index is 2.23. The fourth-order valence-electron chi connectivity index (χ4n) is 3.51. The smallest absolute Gasteiger partial charge is 0.368 e. The second kappa shape index (κ2) is 8.92. The zero-order valence-electron chi connectivity index (χ0n) is 17.5. The monoisotopic (exact) mass is 465 g/mol. The molecule has 1 aliphatic rings. The van der Waals surface area contributed by atoms with Gasteiger partial charge >= 0.3 is 5.97 Å². The van der Waals surface area contributed by atoms with E-state index in [1.165, 1.54) is 17.8 Å². The van der Waals surface area contributed by atoms with Crippen molar-refractivity contribution in [3.63, 3.8) is 0 Å². The number of benzene rings is 2. The van der Waals surface area contributed by atoms with Crippen molar-refractivity contribution in [2.45, 2.75) is 30.1 Å². The molecule has 0 saturated carbocycles. The summed E-state index contributed by atoms with van der Waals surface area (Å²) < 4.78 is 45.4. The molecule has 2 aromatic carbocycles. The molecule has 3 rings (SSSR count). The molecule has 9 heteroatoms. The van der Waals surface area contributed by atoms with Crippen LogP contribution in [0, 0.1) is 5.41 Å². The van der Waals surface area contributed by atoms with Gasteiger partial charge in [0.25, 0.3) is 0 Å². The largest absolute Gasteiger partial charge is 0.476 e. The molecule has 6 nitrogen and oxygen atoms in total. The van der Waals surface area contributed by atoms with Crippen LogP contribution < -0.4 is 9.64 Å². The normalized spacial score (nSPS) is 20.6. The number of carbonyl (C=O) groups is 1. The molecule has 0 aliphatic carbocycles. The van der Waals surface area contributed by atoms with Crippen molar-refractivity contribution in [3.8, 4) is 5.75 Å². The molecule has 2 aromatic rings. The lowest BCUT2D eigenvalue weighted by Gasteiger charge is -2.33. The predicted molar refractivity (Wildman–Crippen MR) is 120 cm³/mol. The molecule has 1 N–H and O–H groups in total. The number of sulfone groups is 1. The van der Waals surface area contributed by atoms with Crippen LogP contribution >= 0.6 is 11.8 Å². The van der Waals surface area contributed by atoms with E-state index in [0.717, 1.165) is 5.69 Å². The van der Waals surface area contributed by atoms with Gasteiger partial charge in [-0.25, -0.2) is 13.2 Å². The van der Waals surface area contributed by atoms with Crippen LogP contribution in [-0.2, 0) is 14.6 Å². The Kier molecular flexibility index (Phi) is 6.66. The predicted octanol–water partition coefficient (Wildman–Crippen LogP) is 5.02. The van der Waals surface area contributed by atoms with Crippen LogP contribution in [0.15, 0.2) is 64.3 Å². The summed E-state index contributed by atoms with van der Waals surface area (Å²) in [5.74, 6) is -3.21. The number of carboxylic acids is 1. The van der Waals surface area contributed by atoms with Gasteiger partial charge in [0.05, 0.1) is 21.2 Å². The molecular weight excluding hydrogens is 441 g/mol. The van der Waals surface area contributed by atoms with E-state index in [-0.39, 0.29) is 16.4 Å². The van der Waals surface area contributed by atoms with Crippen LogP contribution in [0.25, 0.3) is 0 Å². The number of rotatable bonds is 6. The van der Waals surface area contributed by atoms with Crippen LogP contribution in [0.5, 0.6) is 5.75 Å². The maximum absolute atomic E-state index is 13.4. The van der Waals surface area contributed by atoms with Gasteiger partial charge in [0.2, 0.25) is 5.83 Å². The standard InChI is InChI=1S/C22H24FNO5S2/c1-4-22(2)13-24(15-8-6-5-7-9-15)17-10-19(30-3)18(29-12-16(23)21(25)26)11-20(17)31(27,28)14-22/h5-12H,4,13-14H2,1-3H3,(H,25,26)/b16-12-. The third kappa shape index (κ3) is 4.88. The van der Waals surface area contributed by atoms with Gasteiger partial charge in [-0.2, -0.15) is 4.39 Å². The molecule has 166 valence electrons. The highest BCUT2D eigenvalue weighted by molar-refractivity contribution is 7.98. The van der Waals surface area contributed by atoms with Crippen LogP contribution in [-0.4, -0.2) is 38.0 Å². The molecule has 1 aliphatic heterocycles. The van der Waals surface area contributed by atoms with E-state index in [4.69, 9.17) is 9.84 Å². The molecule has 1 atom stereocenters. The van der Waals surface area contributed by atoms with Crippen molar-refractivity contribution >= 4 is 38.9 Å². The van der Waals surface area contributed by atoms with Crippen molar-refractivity contribution in [3.05, 3.63) is 54.6 Å². The number of hydrogen-bond acceptors (Lipinski definition) is 6. The summed E-state index contributed by atoms with van der Waals surface area (Å²) in [6.07, 6.45) is 2.91. The minimum atomic E-state index is -3.70. The Hall–Kier alpha value is -2.52. The fourth-order valence-corrected chi connectivity index (χ4v) is 6.19. The van der Waals surface area contributed by atoms with Gasteiger partial charge < -0.3 is 14.7 Å². The summed E-state index contributed by atoms with van der Waals surface area (Å²) in [6, 6.07) is 12.6. The fraction of sp³-hybridized carbons (Fsp3) is 0.318. The topological polar surface area (TPSA) is 83.9 Å². The summed E-state index contributed by atoms with van der Waals surface area (Å²) in [7, 11) is -3.70. The molecule has 0 saturated heterocycles. The van der Waals surface area contributed by atoms with Crippen molar-refractivity contribution in [2.75, 3.05) is 23.5 Å². The first-order chi connectivity index (χ1) is 14.6. The first-order valence-corrected chi connectivity index (χ1v) is 12.5. The van der Waals surface area contributed by atoms with E-state index in [1.54, 1.807) is 12.3 Å². The van der Waals surface area contributed by atoms with Gasteiger partial charge in [-0.3, -0.25) is 0 Å². The summed E-state index contributed by atoms with van der Waals surface area (Å²) in [4.78, 5) is 13.4. The Morgan fingerprint density at radius 2 is 2.00 bits per heavy atom. The number of nitrogens with zero attached hydrogens (tertiary/aromatic N) is 1. The van der Waals surface area contributed by atoms with Crippen LogP contribution in [0.4, 0.5) is 15.8 Å². The number of ether oxygens (including phenoxy) is 1. The zero-order chi connectivity index (χ0) is 22.8. The van der Waals surface area contributed by atoms with Crippen molar-refractivity contribution < 1.29 is 27.4 Å². The molecule has 31 heavy (non-hydrogen) atoms. The average molecular weight is 466 g/mol. The number of halogens is 1. The van der Waals surface area contributed by atoms with Gasteiger partial charge in [-0.1, -0.05) is 32.0 Å². The van der Waals surface area contributed by atoms with E-state index in [9.17, 15) is 17.6 Å². The average Bonchev–Trinajstić information content (AvgIpc) is 2.83. The van der Waals surface area contributed by atoms with Crippen LogP contribution in [0.3, 0.4) is 0 Å². The molecule has 0 amide bonds. The number of thioether (sulfide) groups is 1. The number of anilines is 2. The molecule has 0 aromatic heterocycles. The van der Waals surface area contributed by atoms with Gasteiger partial charge in [-0.15, -0.1) is 11.8 Å². The SMILES string of the molecule is CCC1(C)CN(c2ccccc2)c2cc(SC)c(O/C=C(\F)C(=O)O)cc2S(=O)(=O)C1. The third-order valence-corrected chi connectivity index (χ3v) is 8.20. The first kappa shape index (κ1) is 23.1. The van der Waals surface area contributed by atoms with Gasteiger partial charge in [0, 0.05) is 18.3 Å². The quantitative estimate of drug-likeness (QED) is 0.364. The second-order valence-electron chi connectivity index (χ2n) is 7.70. The minimum absolute atomic E-state index is 0.0514. The highest BCUT2D eigenvalue weighted by Crippen LogP contribution is 2.45. The number of carboxylic acid groups (broad SMARTS) is 1. The van der Waals surface area contributed by atoms with Crippen molar-refractivity contribution in [1.29, 1.82) is 0 Å². The Bertz CT molecular complexity index is 1120. The van der Waals surface area contributed by atoms with E-state index >= 15 is 0 Å². The lowest BCUT2D eigenvalue weighted by molar-refractivity contribution is -0.134. The molecule has 0 bridgehead atoms. The second-order valence-corrected chi connectivity index (χ2v) is 10.5. The van der Waals surface area contributed by atoms with Gasteiger partial charge in [0.15, 0.2) is 9.84 Å². The Morgan fingerprint density at radius 3 is 2.58 bits per heavy atom. The first-order valence-electron chi connectivity index (χ1n) is 9.63. The van der Waals surface area contributed by atoms with Crippen LogP contribution in [0.1, 0.15) is 20.3 Å². The molecule has 0 spiro atoms. The molecular formula is C22H24FNO5S2. The van der Waals surface area contributed by atoms with Crippen molar-refractivity contribution in [1.82, 2.24) is 0 Å². The molecule has 0 fully saturated rings. The van der Waals surface area contributed by atoms with Gasteiger partial charge in [0.1, 0.15) is 12.0 Å². The number of hydrogen-bond donors (Lipinski definition) is 1. The Labute approximate surface area is 185 Å². The highest BCUT2D eigenvalue weighted by atomic mass is 32.2. The molecule has 1 heterocycles. The Morgan fingerprint density at radius 1 is 1.32 bits per heavy atom. The maximum atomic E-state index is 13.4. The number of fused-ring (bicyclic) bond motifs is 1. The lowest BCUT2D eigenvalue weighted by Crippen LogP contribution is -2.35. The van der Waals surface area contributed by atoms with E-state index in [2.05, 4.69) is 0 Å². The van der Waals surface area contributed by atoms with Crippen LogP contribution in [0.2, 0.25) is 0 Å². The zero-order valence-corrected chi connectivity index (χ0v) is 19.1. The van der Waals surface area contributed by atoms with E-state index in [1.807, 2.05) is 49.1 Å². The summed E-state index contributed by atoms with van der Waals surface area (Å²) in [5, 5.41) is 8.71. The third-order valence-electron chi connectivity index (χ3n) is 5.36. The van der Waals surface area contributed by atoms with E-state index in [0.29, 0.717) is 29.8 Å². The molecule has 1 unspecified atom stereocenters. The van der Waals surface area contributed by atoms with Gasteiger partial charge in [-0.05, 0) is 36.3 Å². The number of aliphatic carboxylic acids is 1. The highest BCUT2D eigenvalue weighted by Gasteiger charge is 2.39. The van der Waals surface area contributed by atoms with E-state index < -0.39 is 27.0 Å². The summed E-state index contributed by atoms with van der Waals surface area (Å²) >= 11 is 1.29. The molecule has 0 radical (unpaired) electrons.